The van der Waals surface area contributed by atoms with Gasteiger partial charge in [-0.25, -0.2) is 9.18 Å². The van der Waals surface area contributed by atoms with E-state index in [1.165, 1.54) is 12.1 Å². The highest BCUT2D eigenvalue weighted by Gasteiger charge is 2.10. The maximum Gasteiger partial charge on any atom is 0.335 e. The summed E-state index contributed by atoms with van der Waals surface area (Å²) in [5.74, 6) is -1.21. The summed E-state index contributed by atoms with van der Waals surface area (Å²) in [6.07, 6.45) is 0.796. The number of rotatable bonds is 5. The van der Waals surface area contributed by atoms with Crippen molar-refractivity contribution in [3.8, 4) is 0 Å². The minimum Gasteiger partial charge on any atom is -0.478 e. The number of nitrogens with one attached hydrogen (secondary N) is 1. The monoisotopic (exact) mass is 273 g/mol. The Morgan fingerprint density at radius 1 is 1.25 bits per heavy atom. The van der Waals surface area contributed by atoms with Crippen LogP contribution in [0, 0.1) is 5.82 Å². The molecule has 20 heavy (non-hydrogen) atoms. The van der Waals surface area contributed by atoms with Crippen LogP contribution in [0.3, 0.4) is 0 Å². The molecule has 0 amide bonds. The Morgan fingerprint density at radius 2 is 1.95 bits per heavy atom. The molecule has 0 spiro atoms. The van der Waals surface area contributed by atoms with Gasteiger partial charge in [-0.2, -0.15) is 0 Å². The van der Waals surface area contributed by atoms with Gasteiger partial charge in [-0.3, -0.25) is 0 Å². The summed E-state index contributed by atoms with van der Waals surface area (Å²) in [7, 11) is 0. The Kier molecular flexibility index (Phi) is 4.35. The van der Waals surface area contributed by atoms with Crippen LogP contribution < -0.4 is 5.32 Å². The average Bonchev–Trinajstić information content (AvgIpc) is 2.45. The van der Waals surface area contributed by atoms with Gasteiger partial charge in [-0.15, -0.1) is 0 Å². The first kappa shape index (κ1) is 14.1. The average molecular weight is 273 g/mol. The van der Waals surface area contributed by atoms with Crippen LogP contribution in [-0.2, 0) is 0 Å². The van der Waals surface area contributed by atoms with E-state index in [0.717, 1.165) is 17.7 Å². The Morgan fingerprint density at radius 3 is 2.50 bits per heavy atom. The first-order valence-electron chi connectivity index (χ1n) is 6.45. The fraction of sp³-hybridized carbons (Fsp3) is 0.188. The van der Waals surface area contributed by atoms with E-state index in [9.17, 15) is 9.18 Å². The van der Waals surface area contributed by atoms with Gasteiger partial charge in [0.25, 0.3) is 0 Å². The molecule has 0 aliphatic carbocycles. The number of carboxylic acid groups (broad SMARTS) is 1. The van der Waals surface area contributed by atoms with Gasteiger partial charge in [0.1, 0.15) is 5.82 Å². The quantitative estimate of drug-likeness (QED) is 0.862. The van der Waals surface area contributed by atoms with Crippen LogP contribution in [0.5, 0.6) is 0 Å². The number of halogens is 1. The van der Waals surface area contributed by atoms with Crippen molar-refractivity contribution in [2.45, 2.75) is 19.4 Å². The van der Waals surface area contributed by atoms with Crippen LogP contribution in [0.25, 0.3) is 0 Å². The Bertz CT molecular complexity index is 596. The van der Waals surface area contributed by atoms with Crippen molar-refractivity contribution in [1.29, 1.82) is 0 Å². The van der Waals surface area contributed by atoms with Gasteiger partial charge in [0.05, 0.1) is 11.6 Å². The molecule has 0 radical (unpaired) electrons. The third-order valence-corrected chi connectivity index (χ3v) is 3.13. The molecule has 0 bridgehead atoms. The van der Waals surface area contributed by atoms with Gasteiger partial charge in [0.15, 0.2) is 0 Å². The van der Waals surface area contributed by atoms with E-state index in [1.54, 1.807) is 30.3 Å². The second-order valence-electron chi connectivity index (χ2n) is 4.54. The molecule has 2 aromatic carbocycles. The van der Waals surface area contributed by atoms with E-state index < -0.39 is 5.97 Å². The van der Waals surface area contributed by atoms with Crippen molar-refractivity contribution >= 4 is 11.7 Å². The summed E-state index contributed by atoms with van der Waals surface area (Å²) in [6.45, 7) is 2.01. The normalized spacial score (nSPS) is 11.9. The molecule has 1 atom stereocenters. The molecule has 0 saturated heterocycles. The molecule has 0 aliphatic rings. The third-order valence-electron chi connectivity index (χ3n) is 3.13. The van der Waals surface area contributed by atoms with Crippen LogP contribution in [0.1, 0.15) is 35.3 Å². The van der Waals surface area contributed by atoms with E-state index in [4.69, 9.17) is 5.11 Å². The molecule has 0 aliphatic heterocycles. The molecule has 0 saturated carbocycles. The lowest BCUT2D eigenvalue weighted by atomic mass is 10.0. The fourth-order valence-corrected chi connectivity index (χ4v) is 2.05. The molecule has 2 aromatic rings. The summed E-state index contributed by atoms with van der Waals surface area (Å²) >= 11 is 0. The highest BCUT2D eigenvalue weighted by Crippen LogP contribution is 2.23. The summed E-state index contributed by atoms with van der Waals surface area (Å²) in [5, 5.41) is 12.1. The van der Waals surface area contributed by atoms with Gasteiger partial charge >= 0.3 is 5.97 Å². The lowest BCUT2D eigenvalue weighted by Gasteiger charge is -2.19. The highest BCUT2D eigenvalue weighted by molar-refractivity contribution is 5.88. The topological polar surface area (TPSA) is 49.3 Å². The fourth-order valence-electron chi connectivity index (χ4n) is 2.05. The second kappa shape index (κ2) is 6.19. The van der Waals surface area contributed by atoms with Gasteiger partial charge in [0.2, 0.25) is 0 Å². The maximum absolute atomic E-state index is 13.3. The third kappa shape index (κ3) is 3.35. The van der Waals surface area contributed by atoms with Crippen LogP contribution in [0.15, 0.2) is 48.5 Å². The first-order chi connectivity index (χ1) is 9.60. The predicted octanol–water partition coefficient (Wildman–Crippen LogP) is 4.09. The van der Waals surface area contributed by atoms with Crippen molar-refractivity contribution < 1.29 is 14.3 Å². The zero-order valence-corrected chi connectivity index (χ0v) is 11.1. The van der Waals surface area contributed by atoms with E-state index in [1.807, 2.05) is 13.0 Å². The van der Waals surface area contributed by atoms with Crippen molar-refractivity contribution in [3.63, 3.8) is 0 Å². The number of hydrogen-bond donors (Lipinski definition) is 2. The number of carboxylic acids is 1. The number of aromatic carboxylic acids is 1. The molecule has 2 N–H and O–H groups in total. The molecule has 104 valence electrons. The van der Waals surface area contributed by atoms with Crippen LogP contribution in [0.2, 0.25) is 0 Å². The van der Waals surface area contributed by atoms with Gasteiger partial charge in [-0.1, -0.05) is 19.1 Å². The number of anilines is 1. The van der Waals surface area contributed by atoms with Crippen molar-refractivity contribution in [1.82, 2.24) is 0 Å². The van der Waals surface area contributed by atoms with Crippen molar-refractivity contribution in [2.24, 2.45) is 0 Å². The lowest BCUT2D eigenvalue weighted by molar-refractivity contribution is 0.0697. The van der Waals surface area contributed by atoms with Crippen molar-refractivity contribution in [2.75, 3.05) is 5.32 Å². The van der Waals surface area contributed by atoms with E-state index in [-0.39, 0.29) is 17.4 Å². The van der Waals surface area contributed by atoms with Gasteiger partial charge < -0.3 is 10.4 Å². The summed E-state index contributed by atoms with van der Waals surface area (Å²) in [5.41, 5.74) is 1.93. The maximum atomic E-state index is 13.3. The Hall–Kier alpha value is -2.36. The smallest absolute Gasteiger partial charge is 0.335 e. The van der Waals surface area contributed by atoms with Gasteiger partial charge in [0, 0.05) is 5.69 Å². The standard InChI is InChI=1S/C16H16FNO2/c1-2-15(12-4-3-5-13(17)10-12)18-14-8-6-11(7-9-14)16(19)20/h3-10,15,18H,2H2,1H3,(H,19,20). The lowest BCUT2D eigenvalue weighted by Crippen LogP contribution is -2.10. The molecular weight excluding hydrogens is 257 g/mol. The second-order valence-corrected chi connectivity index (χ2v) is 4.54. The molecule has 0 heterocycles. The number of benzene rings is 2. The summed E-state index contributed by atoms with van der Waals surface area (Å²) < 4.78 is 13.3. The molecule has 2 rings (SSSR count). The molecule has 0 fully saturated rings. The SMILES string of the molecule is CCC(Nc1ccc(C(=O)O)cc1)c1cccc(F)c1. The summed E-state index contributed by atoms with van der Waals surface area (Å²) in [4.78, 5) is 10.8. The molecule has 0 aromatic heterocycles. The molecule has 4 heteroatoms. The Balaban J connectivity index is 2.16. The molecular formula is C16H16FNO2. The minimum absolute atomic E-state index is 0.0126. The zero-order valence-electron chi connectivity index (χ0n) is 11.1. The van der Waals surface area contributed by atoms with E-state index >= 15 is 0 Å². The summed E-state index contributed by atoms with van der Waals surface area (Å²) in [6, 6.07) is 13.0. The predicted molar refractivity (Wildman–Crippen MR) is 76.5 cm³/mol. The molecule has 1 unspecified atom stereocenters. The number of carbonyl (C=O) groups is 1. The van der Waals surface area contributed by atoms with Gasteiger partial charge in [-0.05, 0) is 48.4 Å². The van der Waals surface area contributed by atoms with E-state index in [2.05, 4.69) is 5.32 Å². The largest absolute Gasteiger partial charge is 0.478 e. The van der Waals surface area contributed by atoms with Crippen molar-refractivity contribution in [3.05, 3.63) is 65.5 Å². The molecule has 3 nitrogen and oxygen atoms in total. The van der Waals surface area contributed by atoms with Crippen LogP contribution in [0.4, 0.5) is 10.1 Å². The zero-order chi connectivity index (χ0) is 14.5. The highest BCUT2D eigenvalue weighted by atomic mass is 19.1. The van der Waals surface area contributed by atoms with Crippen LogP contribution in [-0.4, -0.2) is 11.1 Å². The number of hydrogen-bond acceptors (Lipinski definition) is 2. The van der Waals surface area contributed by atoms with Crippen LogP contribution >= 0.6 is 0 Å². The Labute approximate surface area is 117 Å². The minimum atomic E-state index is -0.950. The first-order valence-corrected chi connectivity index (χ1v) is 6.45. The van der Waals surface area contributed by atoms with E-state index in [0.29, 0.717) is 0 Å².